The first-order valence-corrected chi connectivity index (χ1v) is 2.62. The van der Waals surface area contributed by atoms with Crippen LogP contribution in [0.1, 0.15) is 12.8 Å². The molecule has 0 saturated carbocycles. The minimum absolute atomic E-state index is 0.577. The monoisotopic (exact) mass is 114 g/mol. The fourth-order valence-corrected chi connectivity index (χ4v) is 0.372. The molecule has 0 heterocycles. The van der Waals surface area contributed by atoms with Crippen molar-refractivity contribution < 1.29 is 0 Å². The molecule has 0 fully saturated rings. The predicted molar refractivity (Wildman–Crippen MR) is 32.3 cm³/mol. The molecule has 0 aromatic heterocycles. The van der Waals surface area contributed by atoms with Crippen molar-refractivity contribution in [3.8, 4) is 0 Å². The van der Waals surface area contributed by atoms with E-state index in [9.17, 15) is 0 Å². The third kappa shape index (κ3) is 5.27. The van der Waals surface area contributed by atoms with Crippen LogP contribution in [0.3, 0.4) is 0 Å². The van der Waals surface area contributed by atoms with Crippen LogP contribution in [-0.4, -0.2) is 13.1 Å². The molecule has 8 heavy (non-hydrogen) atoms. The molecule has 0 rings (SSSR count). The Kier molecular flexibility index (Phi) is 5.70. The van der Waals surface area contributed by atoms with E-state index in [1.54, 1.807) is 0 Å². The summed E-state index contributed by atoms with van der Waals surface area (Å²) in [6.07, 6.45) is 1.85. The largest absolute Gasteiger partial charge is 0.330 e. The molecule has 0 aliphatic rings. The molecular weight excluding hydrogens is 104 g/mol. The van der Waals surface area contributed by atoms with E-state index in [2.05, 4.69) is 10.0 Å². The number of hydrogen-bond acceptors (Lipinski definition) is 2. The first-order chi connectivity index (χ1) is 3.91. The molecule has 0 aromatic carbocycles. The number of unbranched alkanes of at least 4 members (excludes halogenated alkanes) is 1. The molecule has 0 spiro atoms. The van der Waals surface area contributed by atoms with Gasteiger partial charge in [0.1, 0.15) is 0 Å². The summed E-state index contributed by atoms with van der Waals surface area (Å²) in [5, 5.41) is 3.33. The van der Waals surface area contributed by atoms with Gasteiger partial charge in [0, 0.05) is 11.5 Å². The average Bonchev–Trinajstić information content (AvgIpc) is 1.81. The van der Waals surface area contributed by atoms with E-state index >= 15 is 0 Å². The van der Waals surface area contributed by atoms with Crippen LogP contribution in [0.5, 0.6) is 0 Å². The first kappa shape index (κ1) is 7.27. The van der Waals surface area contributed by atoms with Gasteiger partial charge in [-0.1, -0.05) is 5.11 Å². The molecule has 0 aromatic rings. The first-order valence-electron chi connectivity index (χ1n) is 2.62. The molecule has 0 unspecified atom stereocenters. The van der Waals surface area contributed by atoms with Crippen molar-refractivity contribution >= 4 is 0 Å². The molecule has 0 amide bonds. The van der Waals surface area contributed by atoms with Crippen LogP contribution in [0.2, 0.25) is 0 Å². The fourth-order valence-electron chi connectivity index (χ4n) is 0.372. The number of azide groups is 1. The van der Waals surface area contributed by atoms with Crippen molar-refractivity contribution in [1.29, 1.82) is 0 Å². The van der Waals surface area contributed by atoms with Gasteiger partial charge in [-0.25, -0.2) is 0 Å². The van der Waals surface area contributed by atoms with Gasteiger partial charge in [-0.3, -0.25) is 0 Å². The van der Waals surface area contributed by atoms with E-state index in [4.69, 9.17) is 11.3 Å². The van der Waals surface area contributed by atoms with Crippen molar-refractivity contribution in [1.82, 2.24) is 0 Å². The van der Waals surface area contributed by atoms with Crippen LogP contribution >= 0.6 is 0 Å². The summed E-state index contributed by atoms with van der Waals surface area (Å²) in [6.45, 7) is 1.26. The van der Waals surface area contributed by atoms with Gasteiger partial charge < -0.3 is 5.73 Å². The standard InChI is InChI=1S/C4H10N4/c5-3-1-2-4-7-8-6/h1-5H2. The summed E-state index contributed by atoms with van der Waals surface area (Å²) < 4.78 is 0. The molecular formula is C4H10N4. The summed E-state index contributed by atoms with van der Waals surface area (Å²) in [5.74, 6) is 0. The van der Waals surface area contributed by atoms with E-state index in [0.29, 0.717) is 13.1 Å². The highest BCUT2D eigenvalue weighted by molar-refractivity contribution is 4.46. The Hall–Kier alpha value is -0.730. The summed E-state index contributed by atoms with van der Waals surface area (Å²) in [5.41, 5.74) is 13.0. The van der Waals surface area contributed by atoms with Crippen LogP contribution in [0.4, 0.5) is 0 Å². The molecule has 4 heteroatoms. The minimum Gasteiger partial charge on any atom is -0.330 e. The summed E-state index contributed by atoms with van der Waals surface area (Å²) in [6, 6.07) is 0. The maximum absolute atomic E-state index is 7.79. The Bertz CT molecular complexity index is 84.0. The Morgan fingerprint density at radius 1 is 1.50 bits per heavy atom. The molecule has 2 N–H and O–H groups in total. The van der Waals surface area contributed by atoms with Gasteiger partial charge in [0.15, 0.2) is 0 Å². The molecule has 46 valence electrons. The quantitative estimate of drug-likeness (QED) is 0.252. The zero-order valence-electron chi connectivity index (χ0n) is 4.75. The van der Waals surface area contributed by atoms with Crippen LogP contribution in [0, 0.1) is 0 Å². The molecule has 0 saturated heterocycles. The van der Waals surface area contributed by atoms with E-state index < -0.39 is 0 Å². The molecule has 0 bridgehead atoms. The van der Waals surface area contributed by atoms with Crippen LogP contribution in [0.25, 0.3) is 10.4 Å². The van der Waals surface area contributed by atoms with Crippen molar-refractivity contribution in [2.45, 2.75) is 12.8 Å². The molecule has 0 radical (unpaired) electrons. The fraction of sp³-hybridized carbons (Fsp3) is 1.00. The van der Waals surface area contributed by atoms with Crippen molar-refractivity contribution in [3.05, 3.63) is 10.4 Å². The Balaban J connectivity index is 2.82. The number of nitrogens with two attached hydrogens (primary N) is 1. The summed E-state index contributed by atoms with van der Waals surface area (Å²) in [7, 11) is 0. The van der Waals surface area contributed by atoms with E-state index in [-0.39, 0.29) is 0 Å². The molecule has 0 aliphatic carbocycles. The highest BCUT2D eigenvalue weighted by Gasteiger charge is 1.79. The normalized spacial score (nSPS) is 8.12. The van der Waals surface area contributed by atoms with Gasteiger partial charge >= 0.3 is 0 Å². The van der Waals surface area contributed by atoms with Gasteiger partial charge in [-0.05, 0) is 24.9 Å². The van der Waals surface area contributed by atoms with Gasteiger partial charge in [0.2, 0.25) is 0 Å². The SMILES string of the molecule is [N-]=[N+]=NCCCCN. The van der Waals surface area contributed by atoms with Gasteiger partial charge in [-0.2, -0.15) is 0 Å². The summed E-state index contributed by atoms with van der Waals surface area (Å²) in [4.78, 5) is 2.59. The zero-order valence-corrected chi connectivity index (χ0v) is 4.75. The maximum Gasteiger partial charge on any atom is 0.0258 e. The number of rotatable bonds is 4. The zero-order chi connectivity index (χ0) is 6.24. The lowest BCUT2D eigenvalue weighted by atomic mass is 10.3. The lowest BCUT2D eigenvalue weighted by Crippen LogP contribution is -1.98. The molecule has 0 atom stereocenters. The molecule has 0 aliphatic heterocycles. The van der Waals surface area contributed by atoms with Crippen molar-refractivity contribution in [2.75, 3.05) is 13.1 Å². The van der Waals surface area contributed by atoms with Gasteiger partial charge in [0.25, 0.3) is 0 Å². The number of nitrogens with zero attached hydrogens (tertiary/aromatic N) is 3. The highest BCUT2D eigenvalue weighted by Crippen LogP contribution is 1.85. The summed E-state index contributed by atoms with van der Waals surface area (Å²) >= 11 is 0. The predicted octanol–water partition coefficient (Wildman–Crippen LogP) is 1.04. The van der Waals surface area contributed by atoms with Gasteiger partial charge in [0.05, 0.1) is 0 Å². The van der Waals surface area contributed by atoms with Crippen LogP contribution < -0.4 is 5.73 Å². The van der Waals surface area contributed by atoms with E-state index in [1.165, 1.54) is 0 Å². The van der Waals surface area contributed by atoms with Crippen molar-refractivity contribution in [2.24, 2.45) is 10.8 Å². The third-order valence-corrected chi connectivity index (χ3v) is 0.775. The molecule has 4 nitrogen and oxygen atoms in total. The Morgan fingerprint density at radius 3 is 2.75 bits per heavy atom. The topological polar surface area (TPSA) is 74.8 Å². The lowest BCUT2D eigenvalue weighted by Gasteiger charge is -1.87. The van der Waals surface area contributed by atoms with Crippen LogP contribution in [0.15, 0.2) is 5.11 Å². The second-order valence-electron chi connectivity index (χ2n) is 1.45. The second kappa shape index (κ2) is 6.27. The Morgan fingerprint density at radius 2 is 2.25 bits per heavy atom. The lowest BCUT2D eigenvalue weighted by molar-refractivity contribution is 0.752. The minimum atomic E-state index is 0.577. The maximum atomic E-state index is 7.79. The van der Waals surface area contributed by atoms with Gasteiger partial charge in [-0.15, -0.1) is 0 Å². The highest BCUT2D eigenvalue weighted by atomic mass is 15.1. The van der Waals surface area contributed by atoms with E-state index in [0.717, 1.165) is 12.8 Å². The van der Waals surface area contributed by atoms with Crippen molar-refractivity contribution in [3.63, 3.8) is 0 Å². The smallest absolute Gasteiger partial charge is 0.0258 e. The third-order valence-electron chi connectivity index (χ3n) is 0.775. The second-order valence-corrected chi connectivity index (χ2v) is 1.45. The number of hydrogen-bond donors (Lipinski definition) is 1. The van der Waals surface area contributed by atoms with E-state index in [1.807, 2.05) is 0 Å². The van der Waals surface area contributed by atoms with Crippen LogP contribution in [-0.2, 0) is 0 Å². The average molecular weight is 114 g/mol. The Labute approximate surface area is 48.3 Å².